The normalized spacial score (nSPS) is 12.4. The van der Waals surface area contributed by atoms with Crippen LogP contribution in [0, 0.1) is 0 Å². The molecule has 3 heterocycles. The topological polar surface area (TPSA) is 98.8 Å². The average molecular weight is 403 g/mol. The molecule has 4 rings (SSSR count). The van der Waals surface area contributed by atoms with Crippen molar-refractivity contribution >= 4 is 33.7 Å². The molecular formula is C24H25N3O3. The number of rotatable bonds is 9. The Bertz CT molecular complexity index is 1190. The number of nitrogens with one attached hydrogen (secondary N) is 2. The van der Waals surface area contributed by atoms with E-state index in [4.69, 9.17) is 0 Å². The van der Waals surface area contributed by atoms with Crippen LogP contribution in [0.1, 0.15) is 60.1 Å². The van der Waals surface area contributed by atoms with Crippen LogP contribution in [0.15, 0.2) is 48.8 Å². The summed E-state index contributed by atoms with van der Waals surface area (Å²) in [6.07, 6.45) is 7.80. The van der Waals surface area contributed by atoms with Gasteiger partial charge in [0, 0.05) is 46.4 Å². The van der Waals surface area contributed by atoms with Crippen molar-refractivity contribution in [3.8, 4) is 0 Å². The highest BCUT2D eigenvalue weighted by molar-refractivity contribution is 6.11. The fourth-order valence-electron chi connectivity index (χ4n) is 4.03. The highest BCUT2D eigenvalue weighted by atomic mass is 16.4. The monoisotopic (exact) mass is 403 g/mol. The molecule has 0 saturated carbocycles. The number of carboxylic acid groups (broad SMARTS) is 1. The van der Waals surface area contributed by atoms with Gasteiger partial charge in [-0.05, 0) is 54.8 Å². The number of ketones is 1. The minimum atomic E-state index is -1.01. The Balaban J connectivity index is 1.69. The number of aliphatic carboxylic acids is 1. The van der Waals surface area contributed by atoms with Crippen LogP contribution in [0.3, 0.4) is 0 Å². The van der Waals surface area contributed by atoms with E-state index in [-0.39, 0.29) is 12.2 Å². The zero-order chi connectivity index (χ0) is 21.1. The Morgan fingerprint density at radius 2 is 2.03 bits per heavy atom. The lowest BCUT2D eigenvalue weighted by Crippen LogP contribution is -2.16. The lowest BCUT2D eigenvalue weighted by Gasteiger charge is -2.10. The third kappa shape index (κ3) is 3.85. The van der Waals surface area contributed by atoms with Crippen molar-refractivity contribution in [2.75, 3.05) is 0 Å². The van der Waals surface area contributed by atoms with E-state index in [2.05, 4.69) is 21.9 Å². The average Bonchev–Trinajstić information content (AvgIpc) is 3.39. The standard InChI is InChI=1S/C24H25N3O3/c1-2-3-4-6-15-10-12-26-23-22(15)17-13-16(8-9-20(17)27-23)21(28)14-18(24(29)30)19-7-5-11-25-19/h5,7-13,18,25H,2-4,6,14H2,1H3,(H,26,27)(H,29,30). The van der Waals surface area contributed by atoms with E-state index in [1.807, 2.05) is 24.4 Å². The second kappa shape index (κ2) is 8.53. The first-order chi connectivity index (χ1) is 14.6. The number of hydrogen-bond donors (Lipinski definition) is 3. The van der Waals surface area contributed by atoms with Gasteiger partial charge in [-0.25, -0.2) is 4.98 Å². The van der Waals surface area contributed by atoms with Crippen molar-refractivity contribution in [3.63, 3.8) is 0 Å². The molecule has 4 aromatic rings. The number of pyridine rings is 1. The second-order valence-electron chi connectivity index (χ2n) is 7.68. The number of aryl methyl sites for hydroxylation is 1. The second-order valence-corrected chi connectivity index (χ2v) is 7.68. The van der Waals surface area contributed by atoms with Crippen LogP contribution in [-0.4, -0.2) is 31.8 Å². The number of fused-ring (bicyclic) bond motifs is 3. The third-order valence-electron chi connectivity index (χ3n) is 5.64. The van der Waals surface area contributed by atoms with E-state index in [0.29, 0.717) is 11.3 Å². The Morgan fingerprint density at radius 1 is 1.17 bits per heavy atom. The van der Waals surface area contributed by atoms with Gasteiger partial charge in [0.1, 0.15) is 11.6 Å². The highest BCUT2D eigenvalue weighted by Crippen LogP contribution is 2.30. The summed E-state index contributed by atoms with van der Waals surface area (Å²) < 4.78 is 0. The van der Waals surface area contributed by atoms with Crippen LogP contribution in [-0.2, 0) is 11.2 Å². The molecule has 6 heteroatoms. The van der Waals surface area contributed by atoms with Gasteiger partial charge < -0.3 is 15.1 Å². The van der Waals surface area contributed by atoms with Crippen molar-refractivity contribution in [1.29, 1.82) is 0 Å². The summed E-state index contributed by atoms with van der Waals surface area (Å²) in [5.74, 6) is -2.09. The molecule has 154 valence electrons. The van der Waals surface area contributed by atoms with Gasteiger partial charge in [0.05, 0.1) is 0 Å². The number of Topliss-reactive ketones (excluding diaryl/α,β-unsaturated/α-hetero) is 1. The molecule has 3 aromatic heterocycles. The van der Waals surface area contributed by atoms with Gasteiger partial charge in [0.15, 0.2) is 5.78 Å². The maximum absolute atomic E-state index is 12.9. The minimum Gasteiger partial charge on any atom is -0.481 e. The van der Waals surface area contributed by atoms with Gasteiger partial charge in [-0.1, -0.05) is 19.8 Å². The number of aromatic nitrogens is 3. The van der Waals surface area contributed by atoms with Gasteiger partial charge in [-0.15, -0.1) is 0 Å². The van der Waals surface area contributed by atoms with Crippen molar-refractivity contribution in [2.24, 2.45) is 0 Å². The van der Waals surface area contributed by atoms with Crippen molar-refractivity contribution in [2.45, 2.75) is 44.9 Å². The van der Waals surface area contributed by atoms with Crippen molar-refractivity contribution < 1.29 is 14.7 Å². The van der Waals surface area contributed by atoms with Crippen LogP contribution in [0.25, 0.3) is 21.9 Å². The summed E-state index contributed by atoms with van der Waals surface area (Å²) >= 11 is 0. The smallest absolute Gasteiger partial charge is 0.312 e. The molecule has 0 amide bonds. The van der Waals surface area contributed by atoms with Gasteiger partial charge in [-0.3, -0.25) is 9.59 Å². The highest BCUT2D eigenvalue weighted by Gasteiger charge is 2.25. The molecule has 1 aromatic carbocycles. The van der Waals surface area contributed by atoms with Crippen LogP contribution in [0.2, 0.25) is 0 Å². The summed E-state index contributed by atoms with van der Waals surface area (Å²) in [5, 5.41) is 11.6. The first kappa shape index (κ1) is 19.9. The largest absolute Gasteiger partial charge is 0.481 e. The number of benzene rings is 1. The number of unbranched alkanes of at least 4 members (excludes halogenated alkanes) is 2. The minimum absolute atomic E-state index is 0.0919. The Morgan fingerprint density at radius 3 is 2.77 bits per heavy atom. The van der Waals surface area contributed by atoms with Crippen LogP contribution in [0.5, 0.6) is 0 Å². The van der Waals surface area contributed by atoms with Crippen molar-refractivity contribution in [1.82, 2.24) is 15.0 Å². The predicted molar refractivity (Wildman–Crippen MR) is 117 cm³/mol. The van der Waals surface area contributed by atoms with Crippen LogP contribution in [0.4, 0.5) is 0 Å². The molecule has 1 unspecified atom stereocenters. The summed E-state index contributed by atoms with van der Waals surface area (Å²) in [6, 6.07) is 11.0. The van der Waals surface area contributed by atoms with Gasteiger partial charge in [0.2, 0.25) is 0 Å². The van der Waals surface area contributed by atoms with E-state index in [1.165, 1.54) is 12.0 Å². The summed E-state index contributed by atoms with van der Waals surface area (Å²) in [7, 11) is 0. The molecule has 0 fully saturated rings. The molecule has 0 spiro atoms. The maximum atomic E-state index is 12.9. The van der Waals surface area contributed by atoms with E-state index in [9.17, 15) is 14.7 Å². The number of aromatic amines is 2. The number of nitrogens with zero attached hydrogens (tertiary/aromatic N) is 1. The van der Waals surface area contributed by atoms with E-state index in [1.54, 1.807) is 24.4 Å². The summed E-state index contributed by atoms with van der Waals surface area (Å²) in [5.41, 5.74) is 4.02. The Kier molecular flexibility index (Phi) is 5.65. The van der Waals surface area contributed by atoms with E-state index < -0.39 is 11.9 Å². The first-order valence-electron chi connectivity index (χ1n) is 10.4. The lowest BCUT2D eigenvalue weighted by atomic mass is 9.94. The maximum Gasteiger partial charge on any atom is 0.312 e. The molecule has 0 radical (unpaired) electrons. The Hall–Kier alpha value is -3.41. The predicted octanol–water partition coefficient (Wildman–Crippen LogP) is 5.22. The van der Waals surface area contributed by atoms with Crippen LogP contribution >= 0.6 is 0 Å². The number of hydrogen-bond acceptors (Lipinski definition) is 3. The number of carbonyl (C=O) groups excluding carboxylic acids is 1. The van der Waals surface area contributed by atoms with E-state index in [0.717, 1.165) is 41.2 Å². The quantitative estimate of drug-likeness (QED) is 0.264. The molecular weight excluding hydrogens is 378 g/mol. The molecule has 0 aliphatic rings. The number of H-pyrrole nitrogens is 2. The lowest BCUT2D eigenvalue weighted by molar-refractivity contribution is -0.138. The zero-order valence-electron chi connectivity index (χ0n) is 16.9. The molecule has 30 heavy (non-hydrogen) atoms. The molecule has 6 nitrogen and oxygen atoms in total. The fourth-order valence-corrected chi connectivity index (χ4v) is 4.03. The van der Waals surface area contributed by atoms with E-state index >= 15 is 0 Å². The van der Waals surface area contributed by atoms with Crippen molar-refractivity contribution in [3.05, 3.63) is 65.6 Å². The molecule has 1 atom stereocenters. The number of carbonyl (C=O) groups is 2. The molecule has 0 aliphatic heterocycles. The summed E-state index contributed by atoms with van der Waals surface area (Å²) in [6.45, 7) is 2.18. The first-order valence-corrected chi connectivity index (χ1v) is 10.4. The Labute approximate surface area is 174 Å². The van der Waals surface area contributed by atoms with Gasteiger partial charge >= 0.3 is 5.97 Å². The molecule has 0 aliphatic carbocycles. The van der Waals surface area contributed by atoms with Crippen LogP contribution < -0.4 is 0 Å². The third-order valence-corrected chi connectivity index (χ3v) is 5.64. The fraction of sp³-hybridized carbons (Fsp3) is 0.292. The molecule has 3 N–H and O–H groups in total. The number of carboxylic acids is 1. The molecule has 0 saturated heterocycles. The summed E-state index contributed by atoms with van der Waals surface area (Å²) in [4.78, 5) is 35.4. The zero-order valence-corrected chi connectivity index (χ0v) is 16.9. The SMILES string of the molecule is CCCCCc1ccnc2[nH]c3ccc(C(=O)CC(C(=O)O)c4ccc[nH]4)cc3c12. The van der Waals surface area contributed by atoms with Gasteiger partial charge in [-0.2, -0.15) is 0 Å². The van der Waals surface area contributed by atoms with Gasteiger partial charge in [0.25, 0.3) is 0 Å². The molecule has 0 bridgehead atoms.